The van der Waals surface area contributed by atoms with Gasteiger partial charge < -0.3 is 10.6 Å². The molecular formula is C14H26N2OS. The molecular weight excluding hydrogens is 244 g/mol. The van der Waals surface area contributed by atoms with E-state index >= 15 is 0 Å². The van der Waals surface area contributed by atoms with E-state index in [1.54, 1.807) is 0 Å². The zero-order chi connectivity index (χ0) is 12.8. The lowest BCUT2D eigenvalue weighted by molar-refractivity contribution is -0.123. The molecule has 0 bridgehead atoms. The van der Waals surface area contributed by atoms with Gasteiger partial charge in [0.1, 0.15) is 0 Å². The molecule has 18 heavy (non-hydrogen) atoms. The number of rotatable bonds is 4. The van der Waals surface area contributed by atoms with E-state index in [-0.39, 0.29) is 5.91 Å². The Morgan fingerprint density at radius 2 is 2.11 bits per heavy atom. The standard InChI is InChI=1S/C14H26N2OS/c1-18-13-7-3-2-6-12(13)16-14(17)9-11-5-4-8-15-10-11/h11-13,15H,2-10H2,1H3,(H,16,17). The summed E-state index contributed by atoms with van der Waals surface area (Å²) >= 11 is 1.91. The molecule has 2 fully saturated rings. The fourth-order valence-corrected chi connectivity index (χ4v) is 4.11. The summed E-state index contributed by atoms with van der Waals surface area (Å²) < 4.78 is 0. The zero-order valence-electron chi connectivity index (χ0n) is 11.4. The summed E-state index contributed by atoms with van der Waals surface area (Å²) in [6, 6.07) is 0.415. The molecule has 2 rings (SSSR count). The number of carbonyl (C=O) groups excluding carboxylic acids is 1. The molecule has 104 valence electrons. The number of hydrogen-bond acceptors (Lipinski definition) is 3. The Kier molecular flexibility index (Phi) is 5.83. The van der Waals surface area contributed by atoms with Gasteiger partial charge in [0.15, 0.2) is 0 Å². The van der Waals surface area contributed by atoms with Gasteiger partial charge in [0.05, 0.1) is 0 Å². The maximum atomic E-state index is 12.1. The summed E-state index contributed by atoms with van der Waals surface area (Å²) in [4.78, 5) is 12.1. The van der Waals surface area contributed by atoms with Crippen molar-refractivity contribution in [3.05, 3.63) is 0 Å². The number of carbonyl (C=O) groups is 1. The predicted molar refractivity (Wildman–Crippen MR) is 77.9 cm³/mol. The molecule has 0 aromatic rings. The smallest absolute Gasteiger partial charge is 0.220 e. The molecule has 1 amide bonds. The fourth-order valence-electron chi connectivity index (χ4n) is 3.17. The van der Waals surface area contributed by atoms with Crippen LogP contribution in [0.25, 0.3) is 0 Å². The molecule has 3 nitrogen and oxygen atoms in total. The van der Waals surface area contributed by atoms with Crippen molar-refractivity contribution in [1.29, 1.82) is 0 Å². The molecule has 3 unspecified atom stereocenters. The molecule has 1 aliphatic carbocycles. The van der Waals surface area contributed by atoms with Gasteiger partial charge in [-0.15, -0.1) is 0 Å². The first-order valence-corrected chi connectivity index (χ1v) is 8.61. The first-order valence-electron chi connectivity index (χ1n) is 7.32. The Balaban J connectivity index is 1.75. The van der Waals surface area contributed by atoms with Gasteiger partial charge >= 0.3 is 0 Å². The Morgan fingerprint density at radius 1 is 1.28 bits per heavy atom. The van der Waals surface area contributed by atoms with Gasteiger partial charge in [0.25, 0.3) is 0 Å². The van der Waals surface area contributed by atoms with Crippen LogP contribution in [0.2, 0.25) is 0 Å². The second kappa shape index (κ2) is 7.39. The van der Waals surface area contributed by atoms with E-state index in [2.05, 4.69) is 16.9 Å². The molecule has 1 heterocycles. The highest BCUT2D eigenvalue weighted by molar-refractivity contribution is 7.99. The summed E-state index contributed by atoms with van der Waals surface area (Å²) in [7, 11) is 0. The highest BCUT2D eigenvalue weighted by Crippen LogP contribution is 2.27. The Hall–Kier alpha value is -0.220. The molecule has 0 spiro atoms. The SMILES string of the molecule is CSC1CCCCC1NC(=O)CC1CCCNC1. The van der Waals surface area contributed by atoms with Crippen LogP contribution in [0.3, 0.4) is 0 Å². The van der Waals surface area contributed by atoms with E-state index in [4.69, 9.17) is 0 Å². The number of piperidine rings is 1. The van der Waals surface area contributed by atoms with Crippen molar-refractivity contribution in [1.82, 2.24) is 10.6 Å². The van der Waals surface area contributed by atoms with Crippen LogP contribution in [-0.2, 0) is 4.79 Å². The van der Waals surface area contributed by atoms with Crippen molar-refractivity contribution < 1.29 is 4.79 Å². The van der Waals surface area contributed by atoms with Crippen molar-refractivity contribution >= 4 is 17.7 Å². The summed E-state index contributed by atoms with van der Waals surface area (Å²) in [5.41, 5.74) is 0. The summed E-state index contributed by atoms with van der Waals surface area (Å²) in [6.07, 6.45) is 10.3. The number of thioether (sulfide) groups is 1. The lowest BCUT2D eigenvalue weighted by atomic mass is 9.93. The van der Waals surface area contributed by atoms with Crippen molar-refractivity contribution in [3.63, 3.8) is 0 Å². The zero-order valence-corrected chi connectivity index (χ0v) is 12.2. The van der Waals surface area contributed by atoms with Crippen LogP contribution in [0.1, 0.15) is 44.9 Å². The van der Waals surface area contributed by atoms with Crippen molar-refractivity contribution in [2.24, 2.45) is 5.92 Å². The lowest BCUT2D eigenvalue weighted by Crippen LogP contribution is -2.45. The third-order valence-electron chi connectivity index (χ3n) is 4.22. The minimum atomic E-state index is 0.273. The van der Waals surface area contributed by atoms with Crippen LogP contribution < -0.4 is 10.6 Å². The highest BCUT2D eigenvalue weighted by Gasteiger charge is 2.26. The third-order valence-corrected chi connectivity index (χ3v) is 5.39. The number of amides is 1. The average Bonchev–Trinajstić information content (AvgIpc) is 2.40. The van der Waals surface area contributed by atoms with E-state index in [0.29, 0.717) is 23.6 Å². The molecule has 2 N–H and O–H groups in total. The molecule has 0 aromatic carbocycles. The van der Waals surface area contributed by atoms with Gasteiger partial charge in [-0.2, -0.15) is 11.8 Å². The van der Waals surface area contributed by atoms with Crippen molar-refractivity contribution in [2.75, 3.05) is 19.3 Å². The van der Waals surface area contributed by atoms with Crippen LogP contribution in [0.4, 0.5) is 0 Å². The molecule has 0 aromatic heterocycles. The minimum Gasteiger partial charge on any atom is -0.352 e. The molecule has 3 atom stereocenters. The molecule has 0 radical (unpaired) electrons. The first kappa shape index (κ1) is 14.2. The average molecular weight is 270 g/mol. The van der Waals surface area contributed by atoms with Crippen molar-refractivity contribution in [2.45, 2.75) is 56.2 Å². The molecule has 1 aliphatic heterocycles. The Morgan fingerprint density at radius 3 is 2.83 bits per heavy atom. The van der Waals surface area contributed by atoms with E-state index < -0.39 is 0 Å². The minimum absolute atomic E-state index is 0.273. The second-order valence-electron chi connectivity index (χ2n) is 5.65. The van der Waals surface area contributed by atoms with Crippen LogP contribution in [0.5, 0.6) is 0 Å². The summed E-state index contributed by atoms with van der Waals surface area (Å²) in [5, 5.41) is 7.29. The van der Waals surface area contributed by atoms with Crippen LogP contribution >= 0.6 is 11.8 Å². The number of hydrogen-bond donors (Lipinski definition) is 2. The van der Waals surface area contributed by atoms with E-state index in [1.807, 2.05) is 11.8 Å². The van der Waals surface area contributed by atoms with Crippen LogP contribution in [0, 0.1) is 5.92 Å². The molecule has 2 aliphatic rings. The Bertz CT molecular complexity index is 267. The normalized spacial score (nSPS) is 33.1. The van der Waals surface area contributed by atoms with E-state index in [9.17, 15) is 4.79 Å². The maximum Gasteiger partial charge on any atom is 0.220 e. The molecule has 4 heteroatoms. The highest BCUT2D eigenvalue weighted by atomic mass is 32.2. The lowest BCUT2D eigenvalue weighted by Gasteiger charge is -2.31. The fraction of sp³-hybridized carbons (Fsp3) is 0.929. The summed E-state index contributed by atoms with van der Waals surface area (Å²) in [5.74, 6) is 0.824. The second-order valence-corrected chi connectivity index (χ2v) is 6.73. The van der Waals surface area contributed by atoms with Gasteiger partial charge in [0, 0.05) is 17.7 Å². The van der Waals surface area contributed by atoms with Gasteiger partial charge in [-0.3, -0.25) is 4.79 Å². The van der Waals surface area contributed by atoms with E-state index in [0.717, 1.165) is 13.1 Å². The van der Waals surface area contributed by atoms with E-state index in [1.165, 1.54) is 38.5 Å². The quantitative estimate of drug-likeness (QED) is 0.822. The topological polar surface area (TPSA) is 41.1 Å². The van der Waals surface area contributed by atoms with Gasteiger partial charge in [-0.25, -0.2) is 0 Å². The van der Waals surface area contributed by atoms with Gasteiger partial charge in [0.2, 0.25) is 5.91 Å². The maximum absolute atomic E-state index is 12.1. The van der Waals surface area contributed by atoms with Gasteiger partial charge in [-0.1, -0.05) is 12.8 Å². The van der Waals surface area contributed by atoms with Crippen molar-refractivity contribution in [3.8, 4) is 0 Å². The first-order chi connectivity index (χ1) is 8.79. The summed E-state index contributed by atoms with van der Waals surface area (Å²) in [6.45, 7) is 2.14. The third kappa shape index (κ3) is 4.16. The molecule has 1 saturated heterocycles. The monoisotopic (exact) mass is 270 g/mol. The number of nitrogens with one attached hydrogen (secondary N) is 2. The van der Waals surface area contributed by atoms with Crippen LogP contribution in [-0.4, -0.2) is 36.5 Å². The largest absolute Gasteiger partial charge is 0.352 e. The van der Waals surface area contributed by atoms with Crippen LogP contribution in [0.15, 0.2) is 0 Å². The van der Waals surface area contributed by atoms with Gasteiger partial charge in [-0.05, 0) is 50.9 Å². The molecule has 1 saturated carbocycles. The predicted octanol–water partition coefficient (Wildman–Crippen LogP) is 2.17. The Labute approximate surface area is 115 Å².